The summed E-state index contributed by atoms with van der Waals surface area (Å²) in [6, 6.07) is 19.2. The Kier molecular flexibility index (Phi) is 9.75. The van der Waals surface area contributed by atoms with E-state index in [1.54, 1.807) is 38.1 Å². The smallest absolute Gasteiger partial charge is 0.264 e. The molecule has 0 aromatic heterocycles. The van der Waals surface area contributed by atoms with Gasteiger partial charge in [0.15, 0.2) is 0 Å². The van der Waals surface area contributed by atoms with Crippen LogP contribution >= 0.6 is 27.5 Å². The van der Waals surface area contributed by atoms with Gasteiger partial charge in [-0.2, -0.15) is 0 Å². The number of rotatable bonds is 10. The summed E-state index contributed by atoms with van der Waals surface area (Å²) in [6.45, 7) is 5.36. The third-order valence-corrected chi connectivity index (χ3v) is 8.36. The zero-order valence-corrected chi connectivity index (χ0v) is 24.0. The molecule has 0 aliphatic heterocycles. The lowest BCUT2D eigenvalue weighted by Crippen LogP contribution is -2.51. The minimum absolute atomic E-state index is 0.00140. The van der Waals surface area contributed by atoms with Crippen molar-refractivity contribution < 1.29 is 18.0 Å². The fourth-order valence-electron chi connectivity index (χ4n) is 3.66. The number of carbonyl (C=O) groups is 2. The van der Waals surface area contributed by atoms with Crippen molar-refractivity contribution in [3.05, 3.63) is 93.4 Å². The molecule has 0 heterocycles. The van der Waals surface area contributed by atoms with E-state index in [0.29, 0.717) is 17.3 Å². The molecule has 0 fully saturated rings. The molecule has 2 amide bonds. The van der Waals surface area contributed by atoms with Crippen LogP contribution < -0.4 is 9.62 Å². The second-order valence-electron chi connectivity index (χ2n) is 8.52. The Morgan fingerprint density at radius 3 is 2.14 bits per heavy atom. The molecule has 0 aliphatic rings. The van der Waals surface area contributed by atoms with Gasteiger partial charge >= 0.3 is 0 Å². The number of benzene rings is 3. The zero-order valence-electron chi connectivity index (χ0n) is 20.8. The highest BCUT2D eigenvalue weighted by molar-refractivity contribution is 9.10. The first-order chi connectivity index (χ1) is 17.5. The molecule has 7 nitrogen and oxygen atoms in total. The van der Waals surface area contributed by atoms with Gasteiger partial charge in [0, 0.05) is 22.6 Å². The monoisotopic (exact) mass is 605 g/mol. The Morgan fingerprint density at radius 1 is 0.973 bits per heavy atom. The molecule has 0 radical (unpaired) electrons. The quantitative estimate of drug-likeness (QED) is 0.346. The van der Waals surface area contributed by atoms with Crippen LogP contribution in [0.2, 0.25) is 5.02 Å². The minimum Gasteiger partial charge on any atom is -0.355 e. The van der Waals surface area contributed by atoms with E-state index in [0.717, 1.165) is 19.9 Å². The average Bonchev–Trinajstić information content (AvgIpc) is 2.87. The van der Waals surface area contributed by atoms with Crippen molar-refractivity contribution in [3.8, 4) is 0 Å². The van der Waals surface area contributed by atoms with E-state index >= 15 is 0 Å². The number of aryl methyl sites for hydroxylation is 1. The van der Waals surface area contributed by atoms with Crippen molar-refractivity contribution in [1.82, 2.24) is 10.2 Å². The standard InChI is InChI=1S/C27H29BrClN3O4S/c1-4-30-27(34)20(3)31(17-21-7-9-22(28)10-8-21)26(33)18-32(24-13-5-19(2)6-14-24)37(35,36)25-15-11-23(29)12-16-25/h5-16,20H,4,17-18H2,1-3H3,(H,30,34)/t20-/m1/s1. The number of sulfonamides is 1. The fourth-order valence-corrected chi connectivity index (χ4v) is 5.47. The molecule has 0 saturated heterocycles. The number of carbonyl (C=O) groups excluding carboxylic acids is 2. The summed E-state index contributed by atoms with van der Waals surface area (Å²) in [4.78, 5) is 27.9. The summed E-state index contributed by atoms with van der Waals surface area (Å²) in [6.07, 6.45) is 0. The first kappa shape index (κ1) is 28.7. The lowest BCUT2D eigenvalue weighted by atomic mass is 10.1. The fraction of sp³-hybridized carbons (Fsp3) is 0.259. The molecule has 0 bridgehead atoms. The van der Waals surface area contributed by atoms with E-state index in [9.17, 15) is 18.0 Å². The van der Waals surface area contributed by atoms with Crippen LogP contribution in [0.15, 0.2) is 82.2 Å². The zero-order chi connectivity index (χ0) is 27.2. The Bertz CT molecular complexity index is 1330. The van der Waals surface area contributed by atoms with E-state index in [2.05, 4.69) is 21.2 Å². The Balaban J connectivity index is 2.01. The summed E-state index contributed by atoms with van der Waals surface area (Å²) in [5.41, 5.74) is 2.08. The van der Waals surface area contributed by atoms with Crippen molar-refractivity contribution in [2.45, 2.75) is 38.3 Å². The predicted molar refractivity (Wildman–Crippen MR) is 150 cm³/mol. The molecule has 3 rings (SSSR count). The minimum atomic E-state index is -4.13. The van der Waals surface area contributed by atoms with Crippen LogP contribution in [0.25, 0.3) is 0 Å². The predicted octanol–water partition coefficient (Wildman–Crippen LogP) is 5.16. The van der Waals surface area contributed by atoms with Gasteiger partial charge in [0.05, 0.1) is 10.6 Å². The number of halogens is 2. The van der Waals surface area contributed by atoms with Crippen LogP contribution in [0.4, 0.5) is 5.69 Å². The molecule has 0 spiro atoms. The second-order valence-corrected chi connectivity index (χ2v) is 11.7. The lowest BCUT2D eigenvalue weighted by molar-refractivity contribution is -0.139. The molecule has 1 atom stereocenters. The number of likely N-dealkylation sites (N-methyl/N-ethyl adjacent to an activating group) is 1. The van der Waals surface area contributed by atoms with E-state index in [-0.39, 0.29) is 17.3 Å². The number of anilines is 1. The van der Waals surface area contributed by atoms with E-state index in [4.69, 9.17) is 11.6 Å². The number of hydrogen-bond donors (Lipinski definition) is 1. The van der Waals surface area contributed by atoms with Crippen molar-refractivity contribution in [2.75, 3.05) is 17.4 Å². The van der Waals surface area contributed by atoms with E-state index in [1.165, 1.54) is 29.2 Å². The third-order valence-electron chi connectivity index (χ3n) is 5.79. The first-order valence-corrected chi connectivity index (χ1v) is 14.3. The van der Waals surface area contributed by atoms with Crippen LogP contribution in [0, 0.1) is 6.92 Å². The third kappa shape index (κ3) is 7.34. The van der Waals surface area contributed by atoms with Gasteiger partial charge in [0.1, 0.15) is 12.6 Å². The van der Waals surface area contributed by atoms with Crippen molar-refractivity contribution in [1.29, 1.82) is 0 Å². The number of amides is 2. The SMILES string of the molecule is CCNC(=O)[C@@H](C)N(Cc1ccc(Br)cc1)C(=O)CN(c1ccc(C)cc1)S(=O)(=O)c1ccc(Cl)cc1. The Morgan fingerprint density at radius 2 is 1.57 bits per heavy atom. The van der Waals surface area contributed by atoms with Gasteiger partial charge in [-0.15, -0.1) is 0 Å². The molecule has 3 aromatic carbocycles. The van der Waals surface area contributed by atoms with E-state index in [1.807, 2.05) is 31.2 Å². The molecule has 196 valence electrons. The summed E-state index contributed by atoms with van der Waals surface area (Å²) in [5.74, 6) is -0.838. The van der Waals surface area contributed by atoms with Crippen LogP contribution in [0.1, 0.15) is 25.0 Å². The van der Waals surface area contributed by atoms with Crippen LogP contribution in [0.3, 0.4) is 0 Å². The second kappa shape index (κ2) is 12.6. The first-order valence-electron chi connectivity index (χ1n) is 11.7. The molecule has 10 heteroatoms. The van der Waals surface area contributed by atoms with Gasteiger partial charge in [-0.3, -0.25) is 13.9 Å². The summed E-state index contributed by atoms with van der Waals surface area (Å²) in [5, 5.41) is 3.14. The van der Waals surface area contributed by atoms with Crippen molar-refractivity contribution >= 4 is 55.1 Å². The van der Waals surface area contributed by atoms with E-state index < -0.39 is 28.5 Å². The Labute approximate surface area is 231 Å². The lowest BCUT2D eigenvalue weighted by Gasteiger charge is -2.32. The molecular weight excluding hydrogens is 578 g/mol. The molecule has 0 unspecified atom stereocenters. The van der Waals surface area contributed by atoms with Gasteiger partial charge in [-0.05, 0) is 74.9 Å². The molecule has 0 saturated carbocycles. The summed E-state index contributed by atoms with van der Waals surface area (Å²) in [7, 11) is -4.13. The number of hydrogen-bond acceptors (Lipinski definition) is 4. The van der Waals surface area contributed by atoms with Crippen molar-refractivity contribution in [2.24, 2.45) is 0 Å². The highest BCUT2D eigenvalue weighted by Gasteiger charge is 2.32. The molecule has 1 N–H and O–H groups in total. The van der Waals surface area contributed by atoms with Gasteiger partial charge in [0.2, 0.25) is 11.8 Å². The van der Waals surface area contributed by atoms with Crippen LogP contribution in [0.5, 0.6) is 0 Å². The summed E-state index contributed by atoms with van der Waals surface area (Å²) >= 11 is 9.37. The molecule has 0 aliphatic carbocycles. The van der Waals surface area contributed by atoms with Gasteiger partial charge in [0.25, 0.3) is 10.0 Å². The van der Waals surface area contributed by atoms with Crippen LogP contribution in [-0.4, -0.2) is 44.3 Å². The maximum Gasteiger partial charge on any atom is 0.264 e. The molecular formula is C27H29BrClN3O4S. The maximum absolute atomic E-state index is 13.8. The highest BCUT2D eigenvalue weighted by Crippen LogP contribution is 2.26. The van der Waals surface area contributed by atoms with Crippen LogP contribution in [-0.2, 0) is 26.2 Å². The van der Waals surface area contributed by atoms with Gasteiger partial charge < -0.3 is 10.2 Å². The normalized spacial score (nSPS) is 12.0. The topological polar surface area (TPSA) is 86.8 Å². The molecule has 3 aromatic rings. The van der Waals surface area contributed by atoms with Gasteiger partial charge in [-0.1, -0.05) is 57.4 Å². The average molecular weight is 607 g/mol. The van der Waals surface area contributed by atoms with Gasteiger partial charge in [-0.25, -0.2) is 8.42 Å². The number of nitrogens with zero attached hydrogens (tertiary/aromatic N) is 2. The Hall–Kier alpha value is -2.88. The molecule has 37 heavy (non-hydrogen) atoms. The number of nitrogens with one attached hydrogen (secondary N) is 1. The maximum atomic E-state index is 13.8. The highest BCUT2D eigenvalue weighted by atomic mass is 79.9. The largest absolute Gasteiger partial charge is 0.355 e. The van der Waals surface area contributed by atoms with Crippen molar-refractivity contribution in [3.63, 3.8) is 0 Å². The summed E-state index contributed by atoms with van der Waals surface area (Å²) < 4.78 is 29.4.